The maximum absolute atomic E-state index is 12.9. The van der Waals surface area contributed by atoms with E-state index in [0.717, 1.165) is 23.3 Å². The van der Waals surface area contributed by atoms with E-state index in [4.69, 9.17) is 5.73 Å². The summed E-state index contributed by atoms with van der Waals surface area (Å²) in [7, 11) is 1.47. The molecular formula is C19H25N5O4S. The summed E-state index contributed by atoms with van der Waals surface area (Å²) in [4.78, 5) is 36.8. The largest absolute Gasteiger partial charge is 0.365 e. The molecule has 2 amide bonds. The molecule has 1 atom stereocenters. The van der Waals surface area contributed by atoms with Crippen molar-refractivity contribution in [2.45, 2.75) is 47.0 Å². The fourth-order valence-electron chi connectivity index (χ4n) is 3.96. The minimum absolute atomic E-state index is 0.130. The summed E-state index contributed by atoms with van der Waals surface area (Å²) >= 11 is 1.33. The van der Waals surface area contributed by atoms with Gasteiger partial charge in [0.25, 0.3) is 11.8 Å². The molecule has 10 heteroatoms. The molecule has 0 fully saturated rings. The van der Waals surface area contributed by atoms with Crippen molar-refractivity contribution in [3.05, 3.63) is 37.5 Å². The number of hydrogen-bond donors (Lipinski definition) is 2. The number of nitrogens with zero attached hydrogens (tertiary/aromatic N) is 3. The van der Waals surface area contributed by atoms with Crippen LogP contribution in [0.3, 0.4) is 0 Å². The summed E-state index contributed by atoms with van der Waals surface area (Å²) in [6, 6.07) is 0. The van der Waals surface area contributed by atoms with E-state index in [1.165, 1.54) is 30.0 Å². The minimum atomic E-state index is -0.687. The van der Waals surface area contributed by atoms with E-state index in [1.54, 1.807) is 0 Å². The van der Waals surface area contributed by atoms with Gasteiger partial charge in [0.1, 0.15) is 10.7 Å². The Kier molecular flexibility index (Phi) is 5.24. The molecule has 2 heterocycles. The van der Waals surface area contributed by atoms with Gasteiger partial charge in [0.05, 0.1) is 10.5 Å². The summed E-state index contributed by atoms with van der Waals surface area (Å²) in [6.45, 7) is 8.05. The van der Waals surface area contributed by atoms with E-state index in [0.29, 0.717) is 22.9 Å². The van der Waals surface area contributed by atoms with Gasteiger partial charge in [-0.3, -0.25) is 24.4 Å². The van der Waals surface area contributed by atoms with E-state index in [9.17, 15) is 19.7 Å². The Balaban J connectivity index is 1.99. The molecule has 0 radical (unpaired) electrons. The number of primary amides is 1. The smallest absolute Gasteiger partial charge is 0.322 e. The minimum Gasteiger partial charge on any atom is -0.365 e. The Morgan fingerprint density at radius 3 is 2.59 bits per heavy atom. The maximum atomic E-state index is 12.9. The zero-order valence-corrected chi connectivity index (χ0v) is 18.0. The molecule has 0 spiro atoms. The first-order valence-electron chi connectivity index (χ1n) is 9.35. The second-order valence-electron chi connectivity index (χ2n) is 8.50. The first-order valence-corrected chi connectivity index (χ1v) is 10.2. The van der Waals surface area contributed by atoms with Gasteiger partial charge in [-0.1, -0.05) is 20.8 Å². The molecule has 0 aliphatic heterocycles. The molecule has 1 aliphatic rings. The van der Waals surface area contributed by atoms with Gasteiger partial charge in [0, 0.05) is 11.9 Å². The summed E-state index contributed by atoms with van der Waals surface area (Å²) in [6.07, 6.45) is 2.46. The molecule has 29 heavy (non-hydrogen) atoms. The number of aryl methyl sites for hydroxylation is 2. The van der Waals surface area contributed by atoms with Gasteiger partial charge in [0.15, 0.2) is 0 Å². The van der Waals surface area contributed by atoms with Crippen LogP contribution in [0.2, 0.25) is 0 Å². The van der Waals surface area contributed by atoms with Crippen molar-refractivity contribution in [3.63, 3.8) is 0 Å². The molecule has 0 bridgehead atoms. The number of aromatic nitrogens is 2. The predicted molar refractivity (Wildman–Crippen MR) is 110 cm³/mol. The number of thiophene rings is 1. The summed E-state index contributed by atoms with van der Waals surface area (Å²) < 4.78 is 1.18. The van der Waals surface area contributed by atoms with E-state index in [1.807, 2.05) is 0 Å². The highest BCUT2D eigenvalue weighted by molar-refractivity contribution is 7.17. The lowest BCUT2D eigenvalue weighted by molar-refractivity contribution is -0.385. The van der Waals surface area contributed by atoms with E-state index >= 15 is 0 Å². The number of hydrogen-bond acceptors (Lipinski definition) is 6. The van der Waals surface area contributed by atoms with Crippen LogP contribution < -0.4 is 11.1 Å². The second-order valence-corrected chi connectivity index (χ2v) is 9.60. The summed E-state index contributed by atoms with van der Waals surface area (Å²) in [5.74, 6) is -0.838. The number of nitrogens with two attached hydrogens (primary N) is 1. The van der Waals surface area contributed by atoms with Crippen molar-refractivity contribution in [2.75, 3.05) is 5.32 Å². The number of anilines is 1. The number of amides is 2. The SMILES string of the molecule is Cc1nn(C)c(C(=O)Nc2sc3c(c2C(N)=O)CC[C@@H](C(C)(C)C)C3)c1[N+](=O)[O-]. The van der Waals surface area contributed by atoms with E-state index < -0.39 is 16.7 Å². The van der Waals surface area contributed by atoms with Crippen LogP contribution in [0.4, 0.5) is 10.7 Å². The summed E-state index contributed by atoms with van der Waals surface area (Å²) in [5, 5.41) is 18.4. The van der Waals surface area contributed by atoms with Crippen LogP contribution in [-0.4, -0.2) is 26.5 Å². The molecule has 0 saturated carbocycles. The normalized spacial score (nSPS) is 16.4. The molecule has 9 nitrogen and oxygen atoms in total. The highest BCUT2D eigenvalue weighted by atomic mass is 32.1. The first kappa shape index (κ1) is 21.0. The standard InChI is InChI=1S/C19H25N5O4S/c1-9-14(24(27)28)15(23(5)22-9)17(26)21-18-13(16(20)25)11-7-6-10(19(2,3)4)8-12(11)29-18/h10H,6-8H2,1-5H3,(H2,20,25)(H,21,26)/t10-/m1/s1. The van der Waals surface area contributed by atoms with Crippen molar-refractivity contribution in [2.24, 2.45) is 24.1 Å². The zero-order chi connectivity index (χ0) is 21.7. The Bertz CT molecular complexity index is 1010. The number of nitro groups is 1. The second kappa shape index (κ2) is 7.25. The Labute approximate surface area is 172 Å². The van der Waals surface area contributed by atoms with Crippen molar-refractivity contribution >= 4 is 33.8 Å². The first-order chi connectivity index (χ1) is 13.4. The molecule has 3 rings (SSSR count). The lowest BCUT2D eigenvalue weighted by Gasteiger charge is -2.33. The molecular weight excluding hydrogens is 394 g/mol. The van der Waals surface area contributed by atoms with Gasteiger partial charge >= 0.3 is 5.69 Å². The van der Waals surface area contributed by atoms with E-state index in [2.05, 4.69) is 31.2 Å². The lowest BCUT2D eigenvalue weighted by Crippen LogP contribution is -2.27. The van der Waals surface area contributed by atoms with Gasteiger partial charge in [0.2, 0.25) is 5.69 Å². The van der Waals surface area contributed by atoms with Crippen molar-refractivity contribution in [1.82, 2.24) is 9.78 Å². The highest BCUT2D eigenvalue weighted by Crippen LogP contribution is 2.44. The average Bonchev–Trinajstić information content (AvgIpc) is 3.09. The number of fused-ring (bicyclic) bond motifs is 1. The topological polar surface area (TPSA) is 133 Å². The van der Waals surface area contributed by atoms with Crippen LogP contribution in [0.15, 0.2) is 0 Å². The number of carbonyl (C=O) groups is 2. The van der Waals surface area contributed by atoms with Crippen molar-refractivity contribution in [3.8, 4) is 0 Å². The number of nitrogens with one attached hydrogen (secondary N) is 1. The van der Waals surface area contributed by atoms with Crippen molar-refractivity contribution in [1.29, 1.82) is 0 Å². The number of rotatable bonds is 4. The third-order valence-corrected chi connectivity index (χ3v) is 6.72. The molecule has 156 valence electrons. The van der Waals surface area contributed by atoms with Crippen LogP contribution in [0.25, 0.3) is 0 Å². The Hall–Kier alpha value is -2.75. The quantitative estimate of drug-likeness (QED) is 0.580. The maximum Gasteiger partial charge on any atom is 0.322 e. The highest BCUT2D eigenvalue weighted by Gasteiger charge is 2.35. The van der Waals surface area contributed by atoms with E-state index in [-0.39, 0.29) is 22.5 Å². The monoisotopic (exact) mass is 419 g/mol. The summed E-state index contributed by atoms with van der Waals surface area (Å²) in [5.41, 5.74) is 6.58. The third kappa shape index (κ3) is 3.76. The Morgan fingerprint density at radius 2 is 2.03 bits per heavy atom. The number of carbonyl (C=O) groups excluding carboxylic acids is 2. The predicted octanol–water partition coefficient (Wildman–Crippen LogP) is 3.20. The van der Waals surface area contributed by atoms with Gasteiger partial charge in [-0.05, 0) is 43.1 Å². The van der Waals surface area contributed by atoms with Gasteiger partial charge < -0.3 is 11.1 Å². The molecule has 1 aliphatic carbocycles. The van der Waals surface area contributed by atoms with Crippen LogP contribution in [0.5, 0.6) is 0 Å². The van der Waals surface area contributed by atoms with Crippen LogP contribution >= 0.6 is 11.3 Å². The molecule has 2 aromatic heterocycles. The zero-order valence-electron chi connectivity index (χ0n) is 17.2. The van der Waals surface area contributed by atoms with Gasteiger partial charge in [-0.2, -0.15) is 5.10 Å². The van der Waals surface area contributed by atoms with Gasteiger partial charge in [-0.25, -0.2) is 0 Å². The molecule has 2 aromatic rings. The van der Waals surface area contributed by atoms with Gasteiger partial charge in [-0.15, -0.1) is 11.3 Å². The Morgan fingerprint density at radius 1 is 1.38 bits per heavy atom. The van der Waals surface area contributed by atoms with Crippen LogP contribution in [0, 0.1) is 28.4 Å². The molecule has 0 unspecified atom stereocenters. The van der Waals surface area contributed by atoms with Crippen molar-refractivity contribution < 1.29 is 14.5 Å². The fourth-order valence-corrected chi connectivity index (χ4v) is 5.28. The lowest BCUT2D eigenvalue weighted by atomic mass is 9.72. The third-order valence-electron chi connectivity index (χ3n) is 5.55. The fraction of sp³-hybridized carbons (Fsp3) is 0.526. The molecule has 0 saturated heterocycles. The molecule has 0 aromatic carbocycles. The average molecular weight is 420 g/mol. The van der Waals surface area contributed by atoms with Crippen LogP contribution in [0.1, 0.15) is 64.2 Å². The van der Waals surface area contributed by atoms with Crippen LogP contribution in [-0.2, 0) is 19.9 Å². The molecule has 3 N–H and O–H groups in total.